The van der Waals surface area contributed by atoms with Crippen LogP contribution < -0.4 is 0 Å². The number of allylic oxidation sites excluding steroid dienone is 2. The lowest BCUT2D eigenvalue weighted by Crippen LogP contribution is -2.37. The van der Waals surface area contributed by atoms with Crippen molar-refractivity contribution in [2.45, 2.75) is 26.2 Å². The Morgan fingerprint density at radius 2 is 2.42 bits per heavy atom. The third kappa shape index (κ3) is 2.09. The molecule has 5 heteroatoms. The number of amidine groups is 1. The first-order valence-corrected chi connectivity index (χ1v) is 6.74. The first-order valence-electron chi connectivity index (χ1n) is 6.74. The highest BCUT2D eigenvalue weighted by atomic mass is 16.5. The van der Waals surface area contributed by atoms with Gasteiger partial charge in [0.15, 0.2) is 5.84 Å². The van der Waals surface area contributed by atoms with Crippen LogP contribution in [0.2, 0.25) is 0 Å². The Labute approximate surface area is 112 Å². The van der Waals surface area contributed by atoms with E-state index < -0.39 is 0 Å². The molecular weight excluding hydrogens is 242 g/mol. The molecule has 0 aromatic rings. The molecular formula is C14H17N3O2. The van der Waals surface area contributed by atoms with Crippen molar-refractivity contribution in [2.24, 2.45) is 9.98 Å². The van der Waals surface area contributed by atoms with Gasteiger partial charge in [0.25, 0.3) is 0 Å². The lowest BCUT2D eigenvalue weighted by Gasteiger charge is -2.28. The molecule has 0 atom stereocenters. The Kier molecular flexibility index (Phi) is 3.19. The average Bonchev–Trinajstić information content (AvgIpc) is 3.09. The van der Waals surface area contributed by atoms with Crippen LogP contribution in [-0.2, 0) is 9.53 Å². The average molecular weight is 259 g/mol. The van der Waals surface area contributed by atoms with Crippen LogP contribution in [0.1, 0.15) is 26.2 Å². The summed E-state index contributed by atoms with van der Waals surface area (Å²) in [6, 6.07) is 0. The molecule has 5 nitrogen and oxygen atoms in total. The molecule has 0 saturated carbocycles. The van der Waals surface area contributed by atoms with Gasteiger partial charge in [0.2, 0.25) is 0 Å². The van der Waals surface area contributed by atoms with Crippen LogP contribution in [0.15, 0.2) is 33.5 Å². The summed E-state index contributed by atoms with van der Waals surface area (Å²) in [5.74, 6) is 0.712. The van der Waals surface area contributed by atoms with Crippen molar-refractivity contribution >= 4 is 17.5 Å². The van der Waals surface area contributed by atoms with E-state index in [9.17, 15) is 4.79 Å². The standard InChI is InChI=1S/C14H17N3O2/c1-2-19-14(18)10-9-16-13(11-5-3-7-15-11)17-8-4-6-12(10)17/h3,7H,2,4-6,8-9H2,1H3. The van der Waals surface area contributed by atoms with Crippen molar-refractivity contribution < 1.29 is 9.53 Å². The number of fused-ring (bicyclic) bond motifs is 1. The summed E-state index contributed by atoms with van der Waals surface area (Å²) in [7, 11) is 0. The van der Waals surface area contributed by atoms with Gasteiger partial charge < -0.3 is 9.64 Å². The maximum Gasteiger partial charge on any atom is 0.337 e. The van der Waals surface area contributed by atoms with E-state index in [4.69, 9.17) is 4.74 Å². The quantitative estimate of drug-likeness (QED) is 0.724. The highest BCUT2D eigenvalue weighted by molar-refractivity contribution is 6.43. The topological polar surface area (TPSA) is 54.3 Å². The van der Waals surface area contributed by atoms with E-state index in [1.54, 1.807) is 0 Å². The number of ether oxygens (including phenoxy) is 1. The fourth-order valence-electron chi connectivity index (χ4n) is 2.71. The van der Waals surface area contributed by atoms with Gasteiger partial charge in [-0.25, -0.2) is 4.79 Å². The molecule has 0 aliphatic carbocycles. The van der Waals surface area contributed by atoms with Crippen LogP contribution in [0.3, 0.4) is 0 Å². The summed E-state index contributed by atoms with van der Waals surface area (Å²) in [5.41, 5.74) is 2.80. The van der Waals surface area contributed by atoms with E-state index in [1.165, 1.54) is 0 Å². The number of aliphatic imine (C=N–C) groups is 2. The van der Waals surface area contributed by atoms with Gasteiger partial charge in [-0.1, -0.05) is 6.08 Å². The highest BCUT2D eigenvalue weighted by Crippen LogP contribution is 2.30. The molecule has 3 aliphatic rings. The van der Waals surface area contributed by atoms with Crippen LogP contribution in [0.5, 0.6) is 0 Å². The molecule has 0 bridgehead atoms. The predicted octanol–water partition coefficient (Wildman–Crippen LogP) is 1.67. The van der Waals surface area contributed by atoms with E-state index in [0.717, 1.165) is 48.6 Å². The predicted molar refractivity (Wildman–Crippen MR) is 73.1 cm³/mol. The van der Waals surface area contributed by atoms with E-state index in [2.05, 4.69) is 14.9 Å². The summed E-state index contributed by atoms with van der Waals surface area (Å²) in [6.07, 6.45) is 6.65. The van der Waals surface area contributed by atoms with Crippen molar-refractivity contribution in [3.05, 3.63) is 23.5 Å². The molecule has 0 aromatic carbocycles. The second-order valence-corrected chi connectivity index (χ2v) is 4.71. The molecule has 0 radical (unpaired) electrons. The van der Waals surface area contributed by atoms with Crippen LogP contribution in [-0.4, -0.2) is 42.1 Å². The highest BCUT2D eigenvalue weighted by Gasteiger charge is 2.33. The molecule has 0 amide bonds. The normalized spacial score (nSPS) is 21.4. The molecule has 0 unspecified atom stereocenters. The van der Waals surface area contributed by atoms with E-state index in [0.29, 0.717) is 13.2 Å². The smallest absolute Gasteiger partial charge is 0.337 e. The van der Waals surface area contributed by atoms with Crippen molar-refractivity contribution in [1.29, 1.82) is 0 Å². The fourth-order valence-corrected chi connectivity index (χ4v) is 2.71. The second-order valence-electron chi connectivity index (χ2n) is 4.71. The molecule has 3 rings (SSSR count). The molecule has 3 aliphatic heterocycles. The molecule has 3 heterocycles. The number of esters is 1. The Morgan fingerprint density at radius 1 is 1.53 bits per heavy atom. The van der Waals surface area contributed by atoms with Crippen LogP contribution >= 0.6 is 0 Å². The van der Waals surface area contributed by atoms with Gasteiger partial charge in [-0.15, -0.1) is 0 Å². The minimum atomic E-state index is -0.223. The first kappa shape index (κ1) is 12.1. The van der Waals surface area contributed by atoms with Crippen molar-refractivity contribution in [3.63, 3.8) is 0 Å². The summed E-state index contributed by atoms with van der Waals surface area (Å²) in [5, 5.41) is 0. The first-order chi connectivity index (χ1) is 9.31. The summed E-state index contributed by atoms with van der Waals surface area (Å²) in [6.45, 7) is 3.56. The third-order valence-electron chi connectivity index (χ3n) is 3.54. The number of nitrogens with zero attached hydrogens (tertiary/aromatic N) is 3. The van der Waals surface area contributed by atoms with Crippen molar-refractivity contribution in [2.75, 3.05) is 19.7 Å². The molecule has 0 spiro atoms. The van der Waals surface area contributed by atoms with Gasteiger partial charge in [0.05, 0.1) is 24.4 Å². The number of rotatable bonds is 3. The van der Waals surface area contributed by atoms with E-state index in [-0.39, 0.29) is 5.97 Å². The van der Waals surface area contributed by atoms with Crippen molar-refractivity contribution in [3.8, 4) is 0 Å². The summed E-state index contributed by atoms with van der Waals surface area (Å²) in [4.78, 5) is 23.0. The summed E-state index contributed by atoms with van der Waals surface area (Å²) < 4.78 is 5.11. The fraction of sp³-hybridized carbons (Fsp3) is 0.500. The molecule has 1 saturated heterocycles. The zero-order valence-electron chi connectivity index (χ0n) is 11.1. The van der Waals surface area contributed by atoms with Gasteiger partial charge in [-0.2, -0.15) is 0 Å². The van der Waals surface area contributed by atoms with E-state index >= 15 is 0 Å². The number of carbonyl (C=O) groups is 1. The van der Waals surface area contributed by atoms with Crippen molar-refractivity contribution in [1.82, 2.24) is 4.90 Å². The Bertz CT molecular complexity index is 529. The molecule has 0 N–H and O–H groups in total. The minimum Gasteiger partial charge on any atom is -0.463 e. The monoisotopic (exact) mass is 259 g/mol. The number of hydrogen-bond acceptors (Lipinski definition) is 5. The van der Waals surface area contributed by atoms with Crippen LogP contribution in [0.4, 0.5) is 0 Å². The lowest BCUT2D eigenvalue weighted by molar-refractivity contribution is -0.138. The number of hydrogen-bond donors (Lipinski definition) is 0. The Morgan fingerprint density at radius 3 is 3.16 bits per heavy atom. The Balaban J connectivity index is 1.87. The molecule has 19 heavy (non-hydrogen) atoms. The van der Waals surface area contributed by atoms with Gasteiger partial charge in [0, 0.05) is 24.9 Å². The maximum atomic E-state index is 12.0. The van der Waals surface area contributed by atoms with Crippen LogP contribution in [0, 0.1) is 0 Å². The maximum absolute atomic E-state index is 12.0. The van der Waals surface area contributed by atoms with E-state index in [1.807, 2.05) is 19.2 Å². The SMILES string of the molecule is CCOC(=O)C1=C2CCCN2C(C2=NC=CC2)=NC1. The number of carbonyl (C=O) groups excluding carboxylic acids is 1. The summed E-state index contributed by atoms with van der Waals surface area (Å²) >= 11 is 0. The third-order valence-corrected chi connectivity index (χ3v) is 3.54. The van der Waals surface area contributed by atoms with Gasteiger partial charge in [-0.3, -0.25) is 9.98 Å². The largest absolute Gasteiger partial charge is 0.463 e. The molecule has 1 fully saturated rings. The zero-order valence-corrected chi connectivity index (χ0v) is 11.1. The minimum absolute atomic E-state index is 0.223. The lowest BCUT2D eigenvalue weighted by atomic mass is 10.1. The van der Waals surface area contributed by atoms with Crippen LogP contribution in [0.25, 0.3) is 0 Å². The van der Waals surface area contributed by atoms with Gasteiger partial charge in [0.1, 0.15) is 0 Å². The zero-order chi connectivity index (χ0) is 13.2. The molecule has 100 valence electrons. The van der Waals surface area contributed by atoms with Gasteiger partial charge >= 0.3 is 5.97 Å². The Hall–Kier alpha value is -1.91. The second kappa shape index (κ2) is 4.99. The van der Waals surface area contributed by atoms with Gasteiger partial charge in [-0.05, 0) is 19.8 Å². The molecule has 0 aromatic heterocycles.